The zero-order valence-corrected chi connectivity index (χ0v) is 12.0. The maximum absolute atomic E-state index is 12.1. The van der Waals surface area contributed by atoms with Crippen LogP contribution in [-0.2, 0) is 6.54 Å². The van der Waals surface area contributed by atoms with Crippen molar-refractivity contribution in [3.05, 3.63) is 46.0 Å². The highest BCUT2D eigenvalue weighted by molar-refractivity contribution is 5.46. The standard InChI is InChI=1S/C15H20N4O/c1-11-4-3-6-19-14(20)8-13(17-15(11)19)10-18-7-5-16-12(2)9-18/h3-4,6,8,12,16H,5,7,9-10H2,1-2H3. The Morgan fingerprint density at radius 2 is 2.35 bits per heavy atom. The van der Waals surface area contributed by atoms with E-state index in [1.807, 2.05) is 19.1 Å². The third-order valence-electron chi connectivity index (χ3n) is 3.78. The Labute approximate surface area is 118 Å². The van der Waals surface area contributed by atoms with Crippen LogP contribution in [0.15, 0.2) is 29.2 Å². The molecule has 20 heavy (non-hydrogen) atoms. The van der Waals surface area contributed by atoms with Crippen molar-refractivity contribution in [2.45, 2.75) is 26.4 Å². The fourth-order valence-electron chi connectivity index (χ4n) is 2.77. The number of piperazine rings is 1. The molecular formula is C15H20N4O. The van der Waals surface area contributed by atoms with Crippen molar-refractivity contribution in [3.8, 4) is 0 Å². The van der Waals surface area contributed by atoms with Gasteiger partial charge in [-0.1, -0.05) is 6.07 Å². The highest BCUT2D eigenvalue weighted by Gasteiger charge is 2.16. The number of hydrogen-bond acceptors (Lipinski definition) is 4. The molecule has 0 saturated carbocycles. The average molecular weight is 272 g/mol. The number of nitrogens with one attached hydrogen (secondary N) is 1. The van der Waals surface area contributed by atoms with Gasteiger partial charge in [-0.05, 0) is 25.5 Å². The summed E-state index contributed by atoms with van der Waals surface area (Å²) in [6.45, 7) is 7.89. The molecule has 3 heterocycles. The fraction of sp³-hybridized carbons (Fsp3) is 0.467. The van der Waals surface area contributed by atoms with Crippen molar-refractivity contribution >= 4 is 5.65 Å². The van der Waals surface area contributed by atoms with Crippen LogP contribution in [0.2, 0.25) is 0 Å². The molecule has 2 aromatic rings. The monoisotopic (exact) mass is 272 g/mol. The van der Waals surface area contributed by atoms with Crippen LogP contribution >= 0.6 is 0 Å². The summed E-state index contributed by atoms with van der Waals surface area (Å²) in [5, 5.41) is 3.42. The lowest BCUT2D eigenvalue weighted by atomic mass is 10.2. The lowest BCUT2D eigenvalue weighted by Gasteiger charge is -2.31. The molecule has 1 aliphatic heterocycles. The van der Waals surface area contributed by atoms with Crippen molar-refractivity contribution in [3.63, 3.8) is 0 Å². The summed E-state index contributed by atoms with van der Waals surface area (Å²) >= 11 is 0. The second-order valence-corrected chi connectivity index (χ2v) is 5.56. The van der Waals surface area contributed by atoms with Crippen molar-refractivity contribution in [1.82, 2.24) is 19.6 Å². The normalized spacial score (nSPS) is 20.4. The van der Waals surface area contributed by atoms with Gasteiger partial charge in [-0.15, -0.1) is 0 Å². The van der Waals surface area contributed by atoms with Gasteiger partial charge in [0.2, 0.25) is 0 Å². The molecule has 0 radical (unpaired) electrons. The molecule has 0 bridgehead atoms. The first-order valence-electron chi connectivity index (χ1n) is 7.07. The maximum atomic E-state index is 12.1. The van der Waals surface area contributed by atoms with Gasteiger partial charge < -0.3 is 5.32 Å². The van der Waals surface area contributed by atoms with Gasteiger partial charge in [0.25, 0.3) is 5.56 Å². The predicted molar refractivity (Wildman–Crippen MR) is 78.9 cm³/mol. The number of pyridine rings is 1. The van der Waals surface area contributed by atoms with E-state index >= 15 is 0 Å². The van der Waals surface area contributed by atoms with Crippen LogP contribution in [0, 0.1) is 6.92 Å². The zero-order chi connectivity index (χ0) is 14.1. The Morgan fingerprint density at radius 1 is 1.50 bits per heavy atom. The van der Waals surface area contributed by atoms with E-state index < -0.39 is 0 Å². The summed E-state index contributed by atoms with van der Waals surface area (Å²) in [5.41, 5.74) is 2.65. The molecule has 0 spiro atoms. The van der Waals surface area contributed by atoms with Gasteiger partial charge in [-0.2, -0.15) is 0 Å². The molecule has 1 saturated heterocycles. The third kappa shape index (κ3) is 2.59. The van der Waals surface area contributed by atoms with E-state index in [2.05, 4.69) is 22.1 Å². The molecule has 1 atom stereocenters. The van der Waals surface area contributed by atoms with Crippen molar-refractivity contribution in [2.75, 3.05) is 19.6 Å². The van der Waals surface area contributed by atoms with Crippen LogP contribution in [-0.4, -0.2) is 40.0 Å². The minimum absolute atomic E-state index is 0.00289. The van der Waals surface area contributed by atoms with Gasteiger partial charge in [0.1, 0.15) is 5.65 Å². The topological polar surface area (TPSA) is 49.6 Å². The lowest BCUT2D eigenvalue weighted by molar-refractivity contribution is 0.197. The molecule has 0 aliphatic carbocycles. The number of aromatic nitrogens is 2. The second kappa shape index (κ2) is 5.34. The molecule has 1 N–H and O–H groups in total. The minimum Gasteiger partial charge on any atom is -0.312 e. The molecule has 5 nitrogen and oxygen atoms in total. The van der Waals surface area contributed by atoms with E-state index in [0.717, 1.165) is 43.1 Å². The first kappa shape index (κ1) is 13.3. The number of hydrogen-bond donors (Lipinski definition) is 1. The van der Waals surface area contributed by atoms with Gasteiger partial charge in [-0.25, -0.2) is 4.98 Å². The van der Waals surface area contributed by atoms with E-state index in [1.165, 1.54) is 0 Å². The zero-order valence-electron chi connectivity index (χ0n) is 12.0. The molecule has 1 unspecified atom stereocenters. The van der Waals surface area contributed by atoms with Gasteiger partial charge in [0, 0.05) is 44.5 Å². The quantitative estimate of drug-likeness (QED) is 0.878. The van der Waals surface area contributed by atoms with Gasteiger partial charge in [0.05, 0.1) is 5.69 Å². The van der Waals surface area contributed by atoms with E-state index in [1.54, 1.807) is 16.7 Å². The summed E-state index contributed by atoms with van der Waals surface area (Å²) in [6.07, 6.45) is 1.77. The van der Waals surface area contributed by atoms with Crippen LogP contribution in [0.4, 0.5) is 0 Å². The summed E-state index contributed by atoms with van der Waals surface area (Å²) in [7, 11) is 0. The minimum atomic E-state index is -0.00289. The van der Waals surface area contributed by atoms with Crippen LogP contribution in [0.1, 0.15) is 18.2 Å². The Hall–Kier alpha value is -1.72. The Balaban J connectivity index is 1.92. The van der Waals surface area contributed by atoms with Crippen molar-refractivity contribution in [2.24, 2.45) is 0 Å². The molecule has 1 aliphatic rings. The van der Waals surface area contributed by atoms with Crippen LogP contribution in [0.5, 0.6) is 0 Å². The summed E-state index contributed by atoms with van der Waals surface area (Å²) < 4.78 is 1.61. The molecule has 5 heteroatoms. The fourth-order valence-corrected chi connectivity index (χ4v) is 2.77. The van der Waals surface area contributed by atoms with E-state index in [-0.39, 0.29) is 5.56 Å². The lowest BCUT2D eigenvalue weighted by Crippen LogP contribution is -2.48. The highest BCUT2D eigenvalue weighted by atomic mass is 16.1. The van der Waals surface area contributed by atoms with Gasteiger partial charge in [0.15, 0.2) is 0 Å². The molecule has 106 valence electrons. The summed E-state index contributed by atoms with van der Waals surface area (Å²) in [5.74, 6) is 0. The third-order valence-corrected chi connectivity index (χ3v) is 3.78. The molecule has 1 fully saturated rings. The number of rotatable bonds is 2. The SMILES string of the molecule is Cc1cccn2c(=O)cc(CN3CCNC(C)C3)nc12. The second-order valence-electron chi connectivity index (χ2n) is 5.56. The Bertz CT molecular complexity index is 679. The largest absolute Gasteiger partial charge is 0.312 e. The summed E-state index contributed by atoms with van der Waals surface area (Å²) in [6, 6.07) is 6.01. The molecular weight excluding hydrogens is 252 g/mol. The maximum Gasteiger partial charge on any atom is 0.258 e. The van der Waals surface area contributed by atoms with Crippen LogP contribution in [0.25, 0.3) is 5.65 Å². The highest BCUT2D eigenvalue weighted by Crippen LogP contribution is 2.08. The smallest absolute Gasteiger partial charge is 0.258 e. The van der Waals surface area contributed by atoms with E-state index in [4.69, 9.17) is 0 Å². The number of nitrogens with zero attached hydrogens (tertiary/aromatic N) is 3. The van der Waals surface area contributed by atoms with Gasteiger partial charge in [-0.3, -0.25) is 14.1 Å². The van der Waals surface area contributed by atoms with Crippen molar-refractivity contribution < 1.29 is 0 Å². The van der Waals surface area contributed by atoms with E-state index in [0.29, 0.717) is 6.04 Å². The Kier molecular flexibility index (Phi) is 3.54. The van der Waals surface area contributed by atoms with Crippen LogP contribution in [0.3, 0.4) is 0 Å². The van der Waals surface area contributed by atoms with Crippen molar-refractivity contribution in [1.29, 1.82) is 0 Å². The predicted octanol–water partition coefficient (Wildman–Crippen LogP) is 0.797. The van der Waals surface area contributed by atoms with Gasteiger partial charge >= 0.3 is 0 Å². The van der Waals surface area contributed by atoms with Crippen LogP contribution < -0.4 is 10.9 Å². The molecule has 0 aromatic carbocycles. The van der Waals surface area contributed by atoms with E-state index in [9.17, 15) is 4.79 Å². The number of aryl methyl sites for hydroxylation is 1. The first-order valence-corrected chi connectivity index (χ1v) is 7.07. The average Bonchev–Trinajstić information content (AvgIpc) is 2.40. The number of fused-ring (bicyclic) bond motifs is 1. The Morgan fingerprint density at radius 3 is 3.15 bits per heavy atom. The molecule has 3 rings (SSSR count). The summed E-state index contributed by atoms with van der Waals surface area (Å²) in [4.78, 5) is 19.2. The molecule has 2 aromatic heterocycles. The first-order chi connectivity index (χ1) is 9.63. The molecule has 0 amide bonds.